The first-order valence-corrected chi connectivity index (χ1v) is 12.6. The Morgan fingerprint density at radius 2 is 1.76 bits per heavy atom. The molecule has 180 valence electrons. The number of nitrogens with zero attached hydrogens (tertiary/aromatic N) is 4. The van der Waals surface area contributed by atoms with Crippen molar-refractivity contribution in [1.82, 2.24) is 19.5 Å². The topological polar surface area (TPSA) is 297 Å². The zero-order valence-electron chi connectivity index (χ0n) is 16.3. The zero-order valence-corrected chi connectivity index (χ0v) is 18.9. The van der Waals surface area contributed by atoms with Crippen LogP contribution < -0.4 is 35.1 Å². The van der Waals surface area contributed by atoms with Crippen molar-refractivity contribution in [1.29, 1.82) is 0 Å². The molecule has 33 heavy (non-hydrogen) atoms. The molecule has 4 unspecified atom stereocenters. The minimum Gasteiger partial charge on any atom is -0.453 e. The van der Waals surface area contributed by atoms with Gasteiger partial charge in [0.25, 0.3) is 0 Å². The molecule has 6 atom stereocenters. The third-order valence-corrected chi connectivity index (χ3v) is 7.64. The molecule has 1 fully saturated rings. The molecule has 0 bridgehead atoms. The summed E-state index contributed by atoms with van der Waals surface area (Å²) in [4.78, 5) is 58.3. The van der Waals surface area contributed by atoms with Gasteiger partial charge in [-0.15, -0.1) is 0 Å². The van der Waals surface area contributed by atoms with E-state index < -0.39 is 66.1 Å². The number of aromatic nitrogens is 4. The number of phosphoric ester groups is 1. The Morgan fingerprint density at radius 3 is 2.36 bits per heavy atom. The molecule has 19 nitrogen and oxygen atoms in total. The summed E-state index contributed by atoms with van der Waals surface area (Å²) < 4.78 is 51.6. The molecule has 0 aromatic carbocycles. The fourth-order valence-electron chi connectivity index (χ4n) is 2.66. The summed E-state index contributed by atoms with van der Waals surface area (Å²) >= 11 is 0. The monoisotopic (exact) mass is 529 g/mol. The fourth-order valence-corrected chi connectivity index (χ4v) is 5.69. The number of hydrogen-bond donors (Lipinski definition) is 7. The van der Waals surface area contributed by atoms with Crippen LogP contribution in [0.4, 0.5) is 5.95 Å². The Balaban J connectivity index is 0.00000385. The Bertz CT molecular complexity index is 1210. The first kappa shape index (κ1) is 28.3. The van der Waals surface area contributed by atoms with Crippen molar-refractivity contribution in [3.63, 3.8) is 0 Å². The van der Waals surface area contributed by atoms with Crippen molar-refractivity contribution in [2.75, 3.05) is 12.3 Å². The Kier molecular flexibility index (Phi) is 8.53. The Hall–Kier alpha value is -0.963. The van der Waals surface area contributed by atoms with Gasteiger partial charge in [0.15, 0.2) is 6.23 Å². The number of imidazole rings is 1. The number of fused-ring (bicyclic) bond motifs is 1. The number of phosphoric acid groups is 3. The molecule has 0 aliphatic carbocycles. The molecule has 8 N–H and O–H groups in total. The molecular formula is C10H15LiN5O14P3. The molecule has 0 amide bonds. The predicted octanol–water partition coefficient (Wildman–Crippen LogP) is -5.70. The van der Waals surface area contributed by atoms with E-state index in [1.165, 1.54) is 0 Å². The van der Waals surface area contributed by atoms with E-state index in [0.29, 0.717) is 0 Å². The van der Waals surface area contributed by atoms with Gasteiger partial charge in [0.1, 0.15) is 23.8 Å². The minimum atomic E-state index is -5.73. The molecular weight excluding hydrogens is 514 g/mol. The number of nitrogen functional groups attached to an aromatic ring is 1. The summed E-state index contributed by atoms with van der Waals surface area (Å²) in [5.74, 6) is -0.401. The molecule has 2 aromatic rings. The van der Waals surface area contributed by atoms with Crippen molar-refractivity contribution in [2.24, 2.45) is 0 Å². The van der Waals surface area contributed by atoms with Gasteiger partial charge in [-0.05, 0) is 0 Å². The third-order valence-electron chi connectivity index (χ3n) is 3.84. The molecule has 1 saturated heterocycles. The molecule has 3 heterocycles. The number of ether oxygens (including phenoxy) is 1. The van der Waals surface area contributed by atoms with Crippen LogP contribution in [0.15, 0.2) is 11.1 Å². The van der Waals surface area contributed by atoms with Gasteiger partial charge in [-0.2, -0.15) is 8.62 Å². The molecule has 3 rings (SSSR count). The van der Waals surface area contributed by atoms with Crippen LogP contribution >= 0.6 is 23.5 Å². The van der Waals surface area contributed by atoms with E-state index in [2.05, 4.69) is 28.1 Å². The van der Waals surface area contributed by atoms with Crippen molar-refractivity contribution in [3.05, 3.63) is 16.7 Å². The Labute approximate surface area is 194 Å². The Morgan fingerprint density at radius 1 is 1.12 bits per heavy atom. The SMILES string of the molecule is Nc1nc2c(ncn2[C@@H]2O[C@H](COP(=O)(O)OP(=O)(O)OP(=O)(O)O)C(O)C2O)c(=O)[n-]1.[Li+]. The third kappa shape index (κ3) is 6.80. The predicted molar refractivity (Wildman–Crippen MR) is 97.3 cm³/mol. The van der Waals surface area contributed by atoms with Crippen molar-refractivity contribution in [2.45, 2.75) is 24.5 Å². The van der Waals surface area contributed by atoms with Crippen molar-refractivity contribution >= 4 is 40.6 Å². The van der Waals surface area contributed by atoms with Gasteiger partial charge in [0.05, 0.1) is 18.6 Å². The molecule has 0 spiro atoms. The number of aliphatic hydroxyl groups is 2. The summed E-state index contributed by atoms with van der Waals surface area (Å²) in [6.07, 6.45) is -5.39. The molecule has 23 heteroatoms. The van der Waals surface area contributed by atoms with Gasteiger partial charge < -0.3 is 50.2 Å². The average molecular weight is 529 g/mol. The molecule has 1 aliphatic heterocycles. The normalized spacial score (nSPS) is 27.1. The summed E-state index contributed by atoms with van der Waals surface area (Å²) in [6, 6.07) is 0. The van der Waals surface area contributed by atoms with Crippen LogP contribution in [-0.4, -0.2) is 69.2 Å². The van der Waals surface area contributed by atoms with Crippen LogP contribution in [-0.2, 0) is 31.6 Å². The van der Waals surface area contributed by atoms with E-state index in [1.54, 1.807) is 0 Å². The number of aliphatic hydroxyl groups excluding tert-OH is 2. The van der Waals surface area contributed by atoms with Crippen LogP contribution in [0.5, 0.6) is 0 Å². The van der Waals surface area contributed by atoms with E-state index in [0.717, 1.165) is 10.9 Å². The molecule has 0 radical (unpaired) electrons. The van der Waals surface area contributed by atoms with E-state index >= 15 is 0 Å². The van der Waals surface area contributed by atoms with Crippen molar-refractivity contribution in [3.8, 4) is 0 Å². The largest absolute Gasteiger partial charge is 1.00 e. The van der Waals surface area contributed by atoms with Gasteiger partial charge in [-0.25, -0.2) is 18.7 Å². The van der Waals surface area contributed by atoms with Gasteiger partial charge in [0, 0.05) is 5.95 Å². The molecule has 2 aromatic heterocycles. The van der Waals surface area contributed by atoms with E-state index in [1.807, 2.05) is 0 Å². The van der Waals surface area contributed by atoms with Gasteiger partial charge >= 0.3 is 42.3 Å². The summed E-state index contributed by atoms with van der Waals surface area (Å²) in [7, 11) is -16.8. The second kappa shape index (κ2) is 9.96. The van der Waals surface area contributed by atoms with E-state index in [-0.39, 0.29) is 30.0 Å². The summed E-state index contributed by atoms with van der Waals surface area (Å²) in [6.45, 7) is -1.02. The molecule has 1 aliphatic rings. The average Bonchev–Trinajstić information content (AvgIpc) is 3.12. The number of rotatable bonds is 8. The minimum absolute atomic E-state index is 0. The summed E-state index contributed by atoms with van der Waals surface area (Å²) in [5, 5.41) is 20.4. The standard InChI is InChI=1S/C10H16N5O14P3.Li/c11-10-13-7-4(8(18)14-10)12-2-15(7)9-6(17)5(16)3(27-9)1-26-31(22,23)29-32(24,25)28-30(19,20)21;/h2-3,5-6,9,16-17H,1H2,(H7,11,13,14,18,19,20,21,22,23,24,25);/q;+1/p-1/t3-,5?,6?,9-;/m1./s1. The maximum atomic E-state index is 11.8. The van der Waals surface area contributed by atoms with Gasteiger partial charge in [0.2, 0.25) is 5.56 Å². The fraction of sp³-hybridized carbons (Fsp3) is 0.500. The molecule has 0 saturated carbocycles. The zero-order chi connectivity index (χ0) is 24.1. The van der Waals surface area contributed by atoms with Crippen LogP contribution in [0, 0.1) is 0 Å². The van der Waals surface area contributed by atoms with Crippen LogP contribution in [0.3, 0.4) is 0 Å². The van der Waals surface area contributed by atoms with Gasteiger partial charge in [-0.1, -0.05) is 0 Å². The van der Waals surface area contributed by atoms with E-state index in [9.17, 15) is 33.6 Å². The van der Waals surface area contributed by atoms with Gasteiger partial charge in [-0.3, -0.25) is 13.9 Å². The smallest absolute Gasteiger partial charge is 0.453 e. The number of anilines is 1. The first-order valence-electron chi connectivity index (χ1n) is 8.05. The van der Waals surface area contributed by atoms with Crippen LogP contribution in [0.25, 0.3) is 11.2 Å². The maximum absolute atomic E-state index is 11.8. The van der Waals surface area contributed by atoms with E-state index in [4.69, 9.17) is 25.2 Å². The quantitative estimate of drug-likeness (QED) is 0.124. The second-order valence-corrected chi connectivity index (χ2v) is 10.6. The number of nitrogens with two attached hydrogens (primary N) is 1. The van der Waals surface area contributed by atoms with Crippen LogP contribution in [0.1, 0.15) is 6.23 Å². The number of hydrogen-bond acceptors (Lipinski definition) is 13. The van der Waals surface area contributed by atoms with Crippen molar-refractivity contribution < 1.29 is 80.2 Å². The second-order valence-electron chi connectivity index (χ2n) is 6.14. The first-order chi connectivity index (χ1) is 14.6. The van der Waals surface area contributed by atoms with Crippen LogP contribution in [0.2, 0.25) is 0 Å². The maximum Gasteiger partial charge on any atom is 1.00 e. The summed E-state index contributed by atoms with van der Waals surface area (Å²) in [5.41, 5.74) is 4.23.